The molecule has 0 bridgehead atoms. The number of nitrogens with one attached hydrogen (secondary N) is 2. The van der Waals surface area contributed by atoms with E-state index in [0.29, 0.717) is 30.0 Å². The fraction of sp³-hybridized carbons (Fsp3) is 0.389. The second-order valence-electron chi connectivity index (χ2n) is 6.23. The normalized spacial score (nSPS) is 17.3. The highest BCUT2D eigenvalue weighted by Crippen LogP contribution is 2.17. The van der Waals surface area contributed by atoms with E-state index in [2.05, 4.69) is 10.0 Å². The molecule has 0 aliphatic carbocycles. The van der Waals surface area contributed by atoms with Gasteiger partial charge in [0, 0.05) is 18.7 Å². The predicted molar refractivity (Wildman–Crippen MR) is 95.2 cm³/mol. The second-order valence-corrected chi connectivity index (χ2v) is 7.99. The van der Waals surface area contributed by atoms with E-state index in [9.17, 15) is 13.2 Å². The topological polar surface area (TPSA) is 97.6 Å². The van der Waals surface area contributed by atoms with Gasteiger partial charge >= 0.3 is 0 Å². The molecule has 2 heterocycles. The van der Waals surface area contributed by atoms with Crippen molar-refractivity contribution in [3.05, 3.63) is 53.5 Å². The molecule has 1 saturated heterocycles. The van der Waals surface area contributed by atoms with Crippen LogP contribution in [0.25, 0.3) is 0 Å². The Hall–Kier alpha value is -2.16. The number of ether oxygens (including phenoxy) is 1. The highest BCUT2D eigenvalue weighted by Gasteiger charge is 2.20. The Kier molecular flexibility index (Phi) is 5.75. The number of hydrogen-bond acceptors (Lipinski definition) is 5. The summed E-state index contributed by atoms with van der Waals surface area (Å²) in [4.78, 5) is 12.5. The molecule has 26 heavy (non-hydrogen) atoms. The van der Waals surface area contributed by atoms with Crippen molar-refractivity contribution in [2.75, 3.05) is 13.2 Å². The van der Waals surface area contributed by atoms with Gasteiger partial charge in [-0.2, -0.15) is 0 Å². The molecule has 1 unspecified atom stereocenters. The molecule has 1 atom stereocenters. The monoisotopic (exact) mass is 378 g/mol. The van der Waals surface area contributed by atoms with Gasteiger partial charge in [-0.15, -0.1) is 0 Å². The van der Waals surface area contributed by atoms with Crippen molar-refractivity contribution in [3.8, 4) is 0 Å². The Balaban J connectivity index is 1.70. The van der Waals surface area contributed by atoms with Gasteiger partial charge in [-0.1, -0.05) is 6.07 Å². The largest absolute Gasteiger partial charge is 0.468 e. The van der Waals surface area contributed by atoms with Crippen LogP contribution in [0.1, 0.15) is 34.5 Å². The number of aryl methyl sites for hydroxylation is 1. The zero-order chi connectivity index (χ0) is 18.6. The van der Waals surface area contributed by atoms with Crippen molar-refractivity contribution >= 4 is 15.9 Å². The summed E-state index contributed by atoms with van der Waals surface area (Å²) >= 11 is 0. The highest BCUT2D eigenvalue weighted by atomic mass is 32.2. The van der Waals surface area contributed by atoms with Gasteiger partial charge in [-0.05, 0) is 49.6 Å². The zero-order valence-corrected chi connectivity index (χ0v) is 15.3. The number of carbonyl (C=O) groups excluding carboxylic acids is 1. The number of hydrogen-bond donors (Lipinski definition) is 2. The molecule has 2 aromatic rings. The van der Waals surface area contributed by atoms with Crippen LogP contribution in [-0.2, 0) is 21.3 Å². The lowest BCUT2D eigenvalue weighted by atomic mass is 10.1. The molecular weight excluding hydrogens is 356 g/mol. The van der Waals surface area contributed by atoms with Gasteiger partial charge < -0.3 is 14.5 Å². The fourth-order valence-corrected chi connectivity index (χ4v) is 3.80. The summed E-state index contributed by atoms with van der Waals surface area (Å²) in [6.07, 6.45) is 3.42. The maximum atomic E-state index is 12.5. The average Bonchev–Trinajstić information content (AvgIpc) is 3.32. The van der Waals surface area contributed by atoms with Crippen molar-refractivity contribution in [2.45, 2.75) is 37.3 Å². The van der Waals surface area contributed by atoms with Crippen LogP contribution in [-0.4, -0.2) is 33.6 Å². The molecule has 1 aliphatic rings. The van der Waals surface area contributed by atoms with Gasteiger partial charge in [0.2, 0.25) is 10.0 Å². The van der Waals surface area contributed by atoms with E-state index in [1.807, 2.05) is 0 Å². The van der Waals surface area contributed by atoms with Crippen LogP contribution in [0.3, 0.4) is 0 Å². The molecule has 1 amide bonds. The van der Waals surface area contributed by atoms with Gasteiger partial charge in [0.15, 0.2) is 0 Å². The Morgan fingerprint density at radius 1 is 1.31 bits per heavy atom. The van der Waals surface area contributed by atoms with Crippen LogP contribution < -0.4 is 10.0 Å². The van der Waals surface area contributed by atoms with E-state index in [1.165, 1.54) is 18.4 Å². The van der Waals surface area contributed by atoms with E-state index < -0.39 is 10.0 Å². The predicted octanol–water partition coefficient (Wildman–Crippen LogP) is 1.98. The molecule has 3 rings (SSSR count). The molecule has 0 radical (unpaired) electrons. The molecule has 1 aromatic heterocycles. The Bertz CT molecular complexity index is 856. The van der Waals surface area contributed by atoms with Gasteiger partial charge in [0.25, 0.3) is 5.91 Å². The van der Waals surface area contributed by atoms with Crippen molar-refractivity contribution in [3.63, 3.8) is 0 Å². The molecule has 0 spiro atoms. The second kappa shape index (κ2) is 8.03. The van der Waals surface area contributed by atoms with Crippen molar-refractivity contribution < 1.29 is 22.4 Å². The van der Waals surface area contributed by atoms with Crippen molar-refractivity contribution in [1.82, 2.24) is 10.0 Å². The minimum Gasteiger partial charge on any atom is -0.468 e. The SMILES string of the molecule is Cc1ccc(S(=O)(=O)NCc2ccco2)cc1C(=O)NCC1CCCO1. The van der Waals surface area contributed by atoms with Crippen molar-refractivity contribution in [1.29, 1.82) is 0 Å². The lowest BCUT2D eigenvalue weighted by molar-refractivity contribution is 0.0857. The quantitative estimate of drug-likeness (QED) is 0.768. The Labute approximate surface area is 152 Å². The van der Waals surface area contributed by atoms with Gasteiger partial charge in [-0.25, -0.2) is 13.1 Å². The standard InChI is InChI=1S/C18H22N2O5S/c1-13-6-7-16(26(22,23)20-12-15-5-3-9-25-15)10-17(13)18(21)19-11-14-4-2-8-24-14/h3,5-7,9-10,14,20H,2,4,8,11-12H2,1H3,(H,19,21). The van der Waals surface area contributed by atoms with E-state index in [4.69, 9.17) is 9.15 Å². The minimum atomic E-state index is -3.75. The summed E-state index contributed by atoms with van der Waals surface area (Å²) in [5.41, 5.74) is 1.05. The third kappa shape index (κ3) is 4.51. The minimum absolute atomic E-state index is 0.0288. The first-order valence-corrected chi connectivity index (χ1v) is 9.96. The van der Waals surface area contributed by atoms with Crippen molar-refractivity contribution in [2.24, 2.45) is 0 Å². The molecular formula is C18H22N2O5S. The number of rotatable bonds is 7. The van der Waals surface area contributed by atoms with Gasteiger partial charge in [-0.3, -0.25) is 4.79 Å². The smallest absolute Gasteiger partial charge is 0.251 e. The van der Waals surface area contributed by atoms with Crippen LogP contribution in [0.2, 0.25) is 0 Å². The van der Waals surface area contributed by atoms with Gasteiger partial charge in [0.1, 0.15) is 5.76 Å². The molecule has 2 N–H and O–H groups in total. The van der Waals surface area contributed by atoms with E-state index in [-0.39, 0.29) is 23.5 Å². The number of amides is 1. The first-order valence-electron chi connectivity index (χ1n) is 8.48. The van der Waals surface area contributed by atoms with E-state index in [1.54, 1.807) is 25.1 Å². The van der Waals surface area contributed by atoms with E-state index in [0.717, 1.165) is 12.8 Å². The first kappa shape index (κ1) is 18.6. The summed E-state index contributed by atoms with van der Waals surface area (Å²) in [5.74, 6) is 0.205. The van der Waals surface area contributed by atoms with Crippen LogP contribution in [0.15, 0.2) is 45.9 Å². The Morgan fingerprint density at radius 3 is 2.85 bits per heavy atom. The van der Waals surface area contributed by atoms with E-state index >= 15 is 0 Å². The fourth-order valence-electron chi connectivity index (χ4n) is 2.78. The lowest BCUT2D eigenvalue weighted by Crippen LogP contribution is -2.32. The molecule has 1 aliphatic heterocycles. The summed E-state index contributed by atoms with van der Waals surface area (Å²) < 4.78 is 38.0. The third-order valence-electron chi connectivity index (χ3n) is 4.29. The maximum Gasteiger partial charge on any atom is 0.251 e. The summed E-state index contributed by atoms with van der Waals surface area (Å²) in [6, 6.07) is 7.87. The average molecular weight is 378 g/mol. The molecule has 1 fully saturated rings. The molecule has 7 nitrogen and oxygen atoms in total. The van der Waals surface area contributed by atoms with Crippen LogP contribution in [0.4, 0.5) is 0 Å². The zero-order valence-electron chi connectivity index (χ0n) is 14.5. The summed E-state index contributed by atoms with van der Waals surface area (Å²) in [6.45, 7) is 2.96. The van der Waals surface area contributed by atoms with Crippen LogP contribution in [0.5, 0.6) is 0 Å². The Morgan fingerprint density at radius 2 is 2.15 bits per heavy atom. The third-order valence-corrected chi connectivity index (χ3v) is 5.69. The van der Waals surface area contributed by atoms with Crippen LogP contribution in [0, 0.1) is 6.92 Å². The molecule has 0 saturated carbocycles. The number of furan rings is 1. The van der Waals surface area contributed by atoms with Gasteiger partial charge in [0.05, 0.1) is 23.8 Å². The summed E-state index contributed by atoms with van der Waals surface area (Å²) in [7, 11) is -3.75. The summed E-state index contributed by atoms with van der Waals surface area (Å²) in [5, 5.41) is 2.82. The molecule has 1 aromatic carbocycles. The first-order chi connectivity index (χ1) is 12.5. The molecule has 140 valence electrons. The maximum absolute atomic E-state index is 12.5. The lowest BCUT2D eigenvalue weighted by Gasteiger charge is -2.13. The number of sulfonamides is 1. The number of benzene rings is 1. The highest BCUT2D eigenvalue weighted by molar-refractivity contribution is 7.89. The molecule has 8 heteroatoms. The van der Waals surface area contributed by atoms with Crippen LogP contribution >= 0.6 is 0 Å². The number of carbonyl (C=O) groups is 1.